The Bertz CT molecular complexity index is 485. The molecule has 0 aliphatic carbocycles. The summed E-state index contributed by atoms with van der Waals surface area (Å²) < 4.78 is 1.35. The summed E-state index contributed by atoms with van der Waals surface area (Å²) >= 11 is 1.80. The zero-order valence-corrected chi connectivity index (χ0v) is 9.96. The fourth-order valence-corrected chi connectivity index (χ4v) is 3.50. The summed E-state index contributed by atoms with van der Waals surface area (Å²) in [6.45, 7) is 2.17. The van der Waals surface area contributed by atoms with Crippen molar-refractivity contribution >= 4 is 21.4 Å². The first-order chi connectivity index (χ1) is 7.86. The Balaban J connectivity index is 1.98. The molecule has 2 nitrogen and oxygen atoms in total. The number of nitrogens with one attached hydrogen (secondary N) is 1. The lowest BCUT2D eigenvalue weighted by Crippen LogP contribution is -2.23. The monoisotopic (exact) mass is 232 g/mol. The van der Waals surface area contributed by atoms with E-state index in [0.717, 1.165) is 13.1 Å². The summed E-state index contributed by atoms with van der Waals surface area (Å²) in [4.78, 5) is 0. The van der Waals surface area contributed by atoms with E-state index in [1.54, 1.807) is 11.3 Å². The summed E-state index contributed by atoms with van der Waals surface area (Å²) in [7, 11) is 0. The molecule has 1 saturated heterocycles. The lowest BCUT2D eigenvalue weighted by atomic mass is 9.93. The van der Waals surface area contributed by atoms with E-state index < -0.39 is 0 Å². The first-order valence-electron chi connectivity index (χ1n) is 5.78. The Hall–Kier alpha value is -0.900. The standard InChI is InChI=1S/C13H16N2S/c14-13(9-5-6-15-7-9)11-8-16-12-4-2-1-3-10(11)12/h1-4,8-9,13,15H,5-7,14H2. The van der Waals surface area contributed by atoms with Crippen molar-refractivity contribution < 1.29 is 0 Å². The predicted molar refractivity (Wildman–Crippen MR) is 69.7 cm³/mol. The van der Waals surface area contributed by atoms with Gasteiger partial charge in [0, 0.05) is 10.7 Å². The maximum Gasteiger partial charge on any atom is 0.0350 e. The van der Waals surface area contributed by atoms with Gasteiger partial charge in [-0.2, -0.15) is 0 Å². The third-order valence-electron chi connectivity index (χ3n) is 3.48. The molecule has 16 heavy (non-hydrogen) atoms. The maximum atomic E-state index is 6.38. The molecule has 0 bridgehead atoms. The largest absolute Gasteiger partial charge is 0.324 e. The van der Waals surface area contributed by atoms with Gasteiger partial charge in [0.05, 0.1) is 0 Å². The average molecular weight is 232 g/mol. The average Bonchev–Trinajstić information content (AvgIpc) is 2.98. The van der Waals surface area contributed by atoms with Gasteiger partial charge >= 0.3 is 0 Å². The Morgan fingerprint density at radius 3 is 3.06 bits per heavy atom. The predicted octanol–water partition coefficient (Wildman–Crippen LogP) is 2.51. The molecule has 2 heterocycles. The molecule has 0 saturated carbocycles. The minimum Gasteiger partial charge on any atom is -0.324 e. The molecule has 3 heteroatoms. The van der Waals surface area contributed by atoms with Crippen molar-refractivity contribution in [1.82, 2.24) is 5.32 Å². The van der Waals surface area contributed by atoms with Crippen LogP contribution in [0.4, 0.5) is 0 Å². The van der Waals surface area contributed by atoms with Crippen LogP contribution in [0.25, 0.3) is 10.1 Å². The first-order valence-corrected chi connectivity index (χ1v) is 6.66. The van der Waals surface area contributed by atoms with E-state index in [1.807, 2.05) is 0 Å². The highest BCUT2D eigenvalue weighted by Crippen LogP contribution is 2.33. The molecule has 1 aliphatic rings. The third kappa shape index (κ3) is 1.65. The van der Waals surface area contributed by atoms with Crippen LogP contribution in [0.5, 0.6) is 0 Å². The summed E-state index contributed by atoms with van der Waals surface area (Å²) in [5, 5.41) is 6.96. The molecule has 1 aromatic heterocycles. The molecular weight excluding hydrogens is 216 g/mol. The molecule has 0 amide bonds. The Morgan fingerprint density at radius 1 is 1.38 bits per heavy atom. The number of thiophene rings is 1. The molecule has 3 N–H and O–H groups in total. The van der Waals surface area contributed by atoms with Crippen molar-refractivity contribution in [3.05, 3.63) is 35.2 Å². The van der Waals surface area contributed by atoms with E-state index >= 15 is 0 Å². The van der Waals surface area contributed by atoms with Crippen LogP contribution in [0.2, 0.25) is 0 Å². The molecule has 84 valence electrons. The zero-order chi connectivity index (χ0) is 11.0. The summed E-state index contributed by atoms with van der Waals surface area (Å²) in [6, 6.07) is 8.72. The minimum atomic E-state index is 0.186. The highest BCUT2D eigenvalue weighted by Gasteiger charge is 2.24. The molecule has 3 rings (SSSR count). The molecule has 1 aliphatic heterocycles. The molecular formula is C13H16N2S. The molecule has 2 unspecified atom stereocenters. The van der Waals surface area contributed by atoms with Gasteiger partial charge < -0.3 is 11.1 Å². The van der Waals surface area contributed by atoms with Crippen LogP contribution in [0.15, 0.2) is 29.6 Å². The number of hydrogen-bond acceptors (Lipinski definition) is 3. The Labute approximate surface area is 99.5 Å². The summed E-state index contributed by atoms with van der Waals surface area (Å²) in [5.74, 6) is 0.595. The normalized spacial score (nSPS) is 22.7. The number of rotatable bonds is 2. The van der Waals surface area contributed by atoms with Gasteiger partial charge in [-0.25, -0.2) is 0 Å². The summed E-state index contributed by atoms with van der Waals surface area (Å²) in [5.41, 5.74) is 7.71. The molecule has 1 fully saturated rings. The Morgan fingerprint density at radius 2 is 2.25 bits per heavy atom. The third-order valence-corrected chi connectivity index (χ3v) is 4.46. The second kappa shape index (κ2) is 4.17. The van der Waals surface area contributed by atoms with Gasteiger partial charge in [0.25, 0.3) is 0 Å². The van der Waals surface area contributed by atoms with Gasteiger partial charge in [0.15, 0.2) is 0 Å². The fourth-order valence-electron chi connectivity index (χ4n) is 2.49. The molecule has 2 atom stereocenters. The van der Waals surface area contributed by atoms with Crippen LogP contribution in [-0.2, 0) is 0 Å². The van der Waals surface area contributed by atoms with Crippen molar-refractivity contribution in [3.8, 4) is 0 Å². The molecule has 1 aromatic carbocycles. The lowest BCUT2D eigenvalue weighted by Gasteiger charge is -2.17. The van der Waals surface area contributed by atoms with Gasteiger partial charge in [-0.05, 0) is 47.8 Å². The number of hydrogen-bond donors (Lipinski definition) is 2. The van der Waals surface area contributed by atoms with E-state index in [0.29, 0.717) is 5.92 Å². The van der Waals surface area contributed by atoms with Crippen molar-refractivity contribution in [2.24, 2.45) is 11.7 Å². The van der Waals surface area contributed by atoms with Crippen LogP contribution in [0.3, 0.4) is 0 Å². The smallest absolute Gasteiger partial charge is 0.0350 e. The van der Waals surface area contributed by atoms with Crippen LogP contribution in [0.1, 0.15) is 18.0 Å². The summed E-state index contributed by atoms with van der Waals surface area (Å²) in [6.07, 6.45) is 1.20. The van der Waals surface area contributed by atoms with Crippen molar-refractivity contribution in [1.29, 1.82) is 0 Å². The van der Waals surface area contributed by atoms with E-state index in [2.05, 4.69) is 35.0 Å². The quantitative estimate of drug-likeness (QED) is 0.835. The van der Waals surface area contributed by atoms with Crippen LogP contribution in [0, 0.1) is 5.92 Å². The van der Waals surface area contributed by atoms with Gasteiger partial charge in [-0.3, -0.25) is 0 Å². The Kier molecular flexibility index (Phi) is 2.67. The fraction of sp³-hybridized carbons (Fsp3) is 0.385. The van der Waals surface area contributed by atoms with Crippen molar-refractivity contribution in [2.75, 3.05) is 13.1 Å². The SMILES string of the molecule is NC(c1csc2ccccc12)C1CCNC1. The van der Waals surface area contributed by atoms with Gasteiger partial charge in [0.2, 0.25) is 0 Å². The number of nitrogens with two attached hydrogens (primary N) is 1. The lowest BCUT2D eigenvalue weighted by molar-refractivity contribution is 0.473. The second-order valence-electron chi connectivity index (χ2n) is 4.47. The van der Waals surface area contributed by atoms with Crippen LogP contribution >= 0.6 is 11.3 Å². The van der Waals surface area contributed by atoms with Crippen molar-refractivity contribution in [2.45, 2.75) is 12.5 Å². The highest BCUT2D eigenvalue weighted by atomic mass is 32.1. The number of fused-ring (bicyclic) bond motifs is 1. The van der Waals surface area contributed by atoms with Gasteiger partial charge in [0.1, 0.15) is 0 Å². The second-order valence-corrected chi connectivity index (χ2v) is 5.38. The van der Waals surface area contributed by atoms with Crippen LogP contribution < -0.4 is 11.1 Å². The highest BCUT2D eigenvalue weighted by molar-refractivity contribution is 7.17. The van der Waals surface area contributed by atoms with E-state index in [-0.39, 0.29) is 6.04 Å². The topological polar surface area (TPSA) is 38.0 Å². The van der Waals surface area contributed by atoms with Crippen LogP contribution in [-0.4, -0.2) is 13.1 Å². The van der Waals surface area contributed by atoms with E-state index in [4.69, 9.17) is 5.73 Å². The molecule has 0 spiro atoms. The number of benzene rings is 1. The molecule has 2 aromatic rings. The van der Waals surface area contributed by atoms with Gasteiger partial charge in [-0.15, -0.1) is 11.3 Å². The molecule has 0 radical (unpaired) electrons. The minimum absolute atomic E-state index is 0.186. The van der Waals surface area contributed by atoms with E-state index in [9.17, 15) is 0 Å². The first kappa shape index (κ1) is 10.3. The van der Waals surface area contributed by atoms with Gasteiger partial charge in [-0.1, -0.05) is 18.2 Å². The zero-order valence-electron chi connectivity index (χ0n) is 9.15. The van der Waals surface area contributed by atoms with Crippen molar-refractivity contribution in [3.63, 3.8) is 0 Å². The van der Waals surface area contributed by atoms with E-state index in [1.165, 1.54) is 22.1 Å². The maximum absolute atomic E-state index is 6.38.